The molecule has 2 heterocycles. The van der Waals surface area contributed by atoms with Crippen LogP contribution in [0.25, 0.3) is 5.65 Å². The van der Waals surface area contributed by atoms with Crippen LogP contribution in [0.3, 0.4) is 0 Å². The predicted molar refractivity (Wildman–Crippen MR) is 53.2 cm³/mol. The van der Waals surface area contributed by atoms with Crippen LogP contribution in [0.4, 0.5) is 0 Å². The lowest BCUT2D eigenvalue weighted by atomic mass is 10.2. The Hall–Kier alpha value is -1.68. The van der Waals surface area contributed by atoms with Crippen molar-refractivity contribution in [2.75, 3.05) is 0 Å². The fraction of sp³-hybridized carbons (Fsp3) is 0.200. The number of rotatable bonds is 2. The van der Waals surface area contributed by atoms with Gasteiger partial charge in [-0.1, -0.05) is 6.07 Å². The zero-order valence-corrected chi connectivity index (χ0v) is 7.84. The van der Waals surface area contributed by atoms with Crippen LogP contribution >= 0.6 is 0 Å². The summed E-state index contributed by atoms with van der Waals surface area (Å²) in [4.78, 5) is 15.7. The Morgan fingerprint density at radius 2 is 2.36 bits per heavy atom. The molecular formula is C10H11N3O. The van der Waals surface area contributed by atoms with Crippen LogP contribution in [-0.4, -0.2) is 21.2 Å². The van der Waals surface area contributed by atoms with Gasteiger partial charge in [-0.25, -0.2) is 4.98 Å². The molecule has 1 atom stereocenters. The number of aromatic nitrogens is 2. The number of carbonyl (C=O) groups is 1. The molecule has 0 amide bonds. The zero-order valence-electron chi connectivity index (χ0n) is 7.84. The van der Waals surface area contributed by atoms with Gasteiger partial charge in [-0.2, -0.15) is 0 Å². The molecular weight excluding hydrogens is 178 g/mol. The summed E-state index contributed by atoms with van der Waals surface area (Å²) >= 11 is 0. The van der Waals surface area contributed by atoms with E-state index in [1.807, 2.05) is 24.4 Å². The highest BCUT2D eigenvalue weighted by Gasteiger charge is 2.13. The molecule has 0 aliphatic rings. The molecule has 0 saturated carbocycles. The molecule has 0 radical (unpaired) electrons. The van der Waals surface area contributed by atoms with Gasteiger partial charge in [-0.15, -0.1) is 0 Å². The number of ketones is 1. The Morgan fingerprint density at radius 1 is 1.57 bits per heavy atom. The molecule has 0 bridgehead atoms. The van der Waals surface area contributed by atoms with Crippen LogP contribution in [0, 0.1) is 0 Å². The van der Waals surface area contributed by atoms with E-state index in [9.17, 15) is 4.79 Å². The average molecular weight is 189 g/mol. The van der Waals surface area contributed by atoms with Crippen LogP contribution in [0.2, 0.25) is 0 Å². The topological polar surface area (TPSA) is 60.4 Å². The lowest BCUT2D eigenvalue weighted by Crippen LogP contribution is -2.26. The van der Waals surface area contributed by atoms with E-state index in [0.29, 0.717) is 5.69 Å². The van der Waals surface area contributed by atoms with Gasteiger partial charge in [0.1, 0.15) is 11.3 Å². The van der Waals surface area contributed by atoms with Crippen LogP contribution in [0.15, 0.2) is 30.6 Å². The molecule has 0 aliphatic carbocycles. The van der Waals surface area contributed by atoms with E-state index in [4.69, 9.17) is 5.73 Å². The SMILES string of the molecule is CC(N)C(=O)c1cn2ccccc2n1. The third-order valence-corrected chi connectivity index (χ3v) is 2.03. The number of carbonyl (C=O) groups excluding carboxylic acids is 1. The first-order valence-electron chi connectivity index (χ1n) is 4.42. The number of Topliss-reactive ketones (excluding diaryl/α,β-unsaturated/α-hetero) is 1. The molecule has 4 nitrogen and oxygen atoms in total. The lowest BCUT2D eigenvalue weighted by Gasteiger charge is -1.97. The molecule has 0 fully saturated rings. The minimum Gasteiger partial charge on any atom is -0.321 e. The van der Waals surface area contributed by atoms with Gasteiger partial charge in [0.2, 0.25) is 0 Å². The summed E-state index contributed by atoms with van der Waals surface area (Å²) in [6.45, 7) is 1.66. The molecule has 0 aliphatic heterocycles. The summed E-state index contributed by atoms with van der Waals surface area (Å²) in [6.07, 6.45) is 3.54. The number of hydrogen-bond acceptors (Lipinski definition) is 3. The maximum atomic E-state index is 11.5. The monoisotopic (exact) mass is 189 g/mol. The second-order valence-electron chi connectivity index (χ2n) is 3.25. The van der Waals surface area contributed by atoms with Gasteiger partial charge in [0.15, 0.2) is 5.78 Å². The molecule has 2 aromatic heterocycles. The Balaban J connectivity index is 2.50. The van der Waals surface area contributed by atoms with E-state index in [0.717, 1.165) is 5.65 Å². The average Bonchev–Trinajstić information content (AvgIpc) is 2.59. The lowest BCUT2D eigenvalue weighted by molar-refractivity contribution is 0.0963. The van der Waals surface area contributed by atoms with Gasteiger partial charge in [0.05, 0.1) is 6.04 Å². The van der Waals surface area contributed by atoms with Crippen LogP contribution in [-0.2, 0) is 0 Å². The second-order valence-corrected chi connectivity index (χ2v) is 3.25. The molecule has 2 N–H and O–H groups in total. The maximum Gasteiger partial charge on any atom is 0.199 e. The van der Waals surface area contributed by atoms with Crippen molar-refractivity contribution in [1.82, 2.24) is 9.38 Å². The molecule has 0 saturated heterocycles. The van der Waals surface area contributed by atoms with Crippen molar-refractivity contribution in [2.24, 2.45) is 5.73 Å². The van der Waals surface area contributed by atoms with Crippen molar-refractivity contribution in [2.45, 2.75) is 13.0 Å². The van der Waals surface area contributed by atoms with E-state index >= 15 is 0 Å². The highest BCUT2D eigenvalue weighted by Crippen LogP contribution is 2.05. The minimum atomic E-state index is -0.500. The smallest absolute Gasteiger partial charge is 0.199 e. The standard InChI is InChI=1S/C10H11N3O/c1-7(11)10(14)8-6-13-5-3-2-4-9(13)12-8/h2-7H,11H2,1H3. The van der Waals surface area contributed by atoms with Crippen LogP contribution in [0.1, 0.15) is 17.4 Å². The van der Waals surface area contributed by atoms with E-state index < -0.39 is 6.04 Å². The minimum absolute atomic E-state index is 0.131. The highest BCUT2D eigenvalue weighted by atomic mass is 16.1. The molecule has 14 heavy (non-hydrogen) atoms. The normalized spacial score (nSPS) is 13.0. The number of fused-ring (bicyclic) bond motifs is 1. The first kappa shape index (κ1) is 8.90. The molecule has 0 aromatic carbocycles. The van der Waals surface area contributed by atoms with E-state index in [-0.39, 0.29) is 5.78 Å². The second kappa shape index (κ2) is 3.23. The molecule has 4 heteroatoms. The van der Waals surface area contributed by atoms with Crippen LogP contribution in [0.5, 0.6) is 0 Å². The van der Waals surface area contributed by atoms with Gasteiger partial charge in [0, 0.05) is 12.4 Å². The summed E-state index contributed by atoms with van der Waals surface area (Å²) < 4.78 is 1.80. The number of nitrogens with zero attached hydrogens (tertiary/aromatic N) is 2. The third-order valence-electron chi connectivity index (χ3n) is 2.03. The fourth-order valence-electron chi connectivity index (χ4n) is 1.29. The van der Waals surface area contributed by atoms with Gasteiger partial charge in [-0.05, 0) is 19.1 Å². The first-order valence-corrected chi connectivity index (χ1v) is 4.42. The Kier molecular flexibility index (Phi) is 2.05. The fourth-order valence-corrected chi connectivity index (χ4v) is 1.29. The molecule has 2 aromatic rings. The van der Waals surface area contributed by atoms with Gasteiger partial charge >= 0.3 is 0 Å². The summed E-state index contributed by atoms with van der Waals surface area (Å²) in [6, 6.07) is 5.11. The highest BCUT2D eigenvalue weighted by molar-refractivity contribution is 5.98. The van der Waals surface area contributed by atoms with Crippen molar-refractivity contribution in [3.8, 4) is 0 Å². The van der Waals surface area contributed by atoms with Crippen molar-refractivity contribution < 1.29 is 4.79 Å². The van der Waals surface area contributed by atoms with E-state index in [1.54, 1.807) is 17.5 Å². The Labute approximate surface area is 81.4 Å². The summed E-state index contributed by atoms with van der Waals surface area (Å²) in [5, 5.41) is 0. The number of pyridine rings is 1. The van der Waals surface area contributed by atoms with Crippen molar-refractivity contribution in [3.05, 3.63) is 36.3 Å². The zero-order chi connectivity index (χ0) is 10.1. The van der Waals surface area contributed by atoms with Crippen LogP contribution < -0.4 is 5.73 Å². The Bertz CT molecular complexity index is 440. The van der Waals surface area contributed by atoms with Gasteiger partial charge < -0.3 is 10.1 Å². The third kappa shape index (κ3) is 1.40. The molecule has 0 spiro atoms. The van der Waals surface area contributed by atoms with Gasteiger partial charge in [-0.3, -0.25) is 4.79 Å². The summed E-state index contributed by atoms with van der Waals surface area (Å²) in [5.41, 5.74) is 6.67. The Morgan fingerprint density at radius 3 is 3.00 bits per heavy atom. The van der Waals surface area contributed by atoms with Crippen molar-refractivity contribution in [1.29, 1.82) is 0 Å². The van der Waals surface area contributed by atoms with Crippen molar-refractivity contribution >= 4 is 11.4 Å². The van der Waals surface area contributed by atoms with E-state index in [1.165, 1.54) is 0 Å². The molecule has 72 valence electrons. The largest absolute Gasteiger partial charge is 0.321 e. The van der Waals surface area contributed by atoms with E-state index in [2.05, 4.69) is 4.98 Å². The number of hydrogen-bond donors (Lipinski definition) is 1. The quantitative estimate of drug-likeness (QED) is 0.713. The number of nitrogens with two attached hydrogens (primary N) is 1. The maximum absolute atomic E-state index is 11.5. The van der Waals surface area contributed by atoms with Gasteiger partial charge in [0.25, 0.3) is 0 Å². The predicted octanol–water partition coefficient (Wildman–Crippen LogP) is 0.864. The number of imidazole rings is 1. The summed E-state index contributed by atoms with van der Waals surface area (Å²) in [5.74, 6) is -0.131. The summed E-state index contributed by atoms with van der Waals surface area (Å²) in [7, 11) is 0. The first-order chi connectivity index (χ1) is 6.68. The van der Waals surface area contributed by atoms with Crippen molar-refractivity contribution in [3.63, 3.8) is 0 Å². The molecule has 1 unspecified atom stereocenters. The molecule has 2 rings (SSSR count).